The fraction of sp³-hybridized carbons (Fsp3) is 0.273. The van der Waals surface area contributed by atoms with Crippen molar-refractivity contribution in [1.29, 1.82) is 0 Å². The summed E-state index contributed by atoms with van der Waals surface area (Å²) in [7, 11) is 0.0316. The number of hydrogen-bond acceptors (Lipinski definition) is 0. The maximum atomic E-state index is 2.32. The average molecular weight is 178 g/mol. The summed E-state index contributed by atoms with van der Waals surface area (Å²) in [5, 5.41) is 1.49. The van der Waals surface area contributed by atoms with Crippen LogP contribution in [0.3, 0.4) is 0 Å². The van der Waals surface area contributed by atoms with E-state index in [9.17, 15) is 0 Å². The van der Waals surface area contributed by atoms with E-state index < -0.39 is 0 Å². The van der Waals surface area contributed by atoms with Gasteiger partial charge in [0.25, 0.3) is 0 Å². The molecule has 0 saturated carbocycles. The Hall–Kier alpha value is -0.610. The average Bonchev–Trinajstić information content (AvgIpc) is 2.15. The number of hydrogen-bond donors (Lipinski definition) is 0. The predicted octanol–water partition coefficient (Wildman–Crippen LogP) is 3.00. The van der Waals surface area contributed by atoms with Crippen molar-refractivity contribution in [1.82, 2.24) is 0 Å². The van der Waals surface area contributed by atoms with E-state index in [4.69, 9.17) is 0 Å². The van der Waals surface area contributed by atoms with Crippen LogP contribution in [0, 0.1) is 0 Å². The molecule has 1 rings (SSSR count). The monoisotopic (exact) mass is 178 g/mol. The zero-order valence-electron chi connectivity index (χ0n) is 7.70. The molecule has 1 aromatic rings. The van der Waals surface area contributed by atoms with Crippen LogP contribution < -0.4 is 5.30 Å². The molecule has 0 fully saturated rings. The summed E-state index contributed by atoms with van der Waals surface area (Å²) >= 11 is 0. The van der Waals surface area contributed by atoms with E-state index in [1.807, 2.05) is 0 Å². The highest BCUT2D eigenvalue weighted by Gasteiger charge is 1.99. The van der Waals surface area contributed by atoms with Gasteiger partial charge in [-0.2, -0.15) is 0 Å². The molecule has 0 nitrogen and oxygen atoms in total. The van der Waals surface area contributed by atoms with Crippen LogP contribution in [0.1, 0.15) is 6.92 Å². The molecule has 1 unspecified atom stereocenters. The summed E-state index contributed by atoms with van der Waals surface area (Å²) in [5.41, 5.74) is 0. The van der Waals surface area contributed by atoms with Gasteiger partial charge in [0, 0.05) is 0 Å². The Labute approximate surface area is 76.1 Å². The Morgan fingerprint density at radius 2 is 1.92 bits per heavy atom. The van der Waals surface area contributed by atoms with E-state index in [1.54, 1.807) is 0 Å². The molecule has 0 amide bonds. The van der Waals surface area contributed by atoms with E-state index in [1.165, 1.54) is 11.5 Å². The van der Waals surface area contributed by atoms with Crippen molar-refractivity contribution in [3.63, 3.8) is 0 Å². The molecule has 12 heavy (non-hydrogen) atoms. The number of benzene rings is 1. The Bertz CT molecular complexity index is 238. The van der Waals surface area contributed by atoms with Crippen LogP contribution in [0.25, 0.3) is 0 Å². The van der Waals surface area contributed by atoms with E-state index in [0.29, 0.717) is 0 Å². The van der Waals surface area contributed by atoms with Gasteiger partial charge in [-0.05, 0) is 25.1 Å². The molecule has 0 N–H and O–H groups in total. The van der Waals surface area contributed by atoms with Crippen LogP contribution in [0.2, 0.25) is 0 Å². The SMILES string of the molecule is C/C=C/CP(C)c1ccccc1. The van der Waals surface area contributed by atoms with Crippen molar-refractivity contribution in [2.24, 2.45) is 0 Å². The van der Waals surface area contributed by atoms with Gasteiger partial charge in [0.15, 0.2) is 0 Å². The van der Waals surface area contributed by atoms with Crippen LogP contribution in [-0.4, -0.2) is 12.8 Å². The maximum absolute atomic E-state index is 2.32. The van der Waals surface area contributed by atoms with Gasteiger partial charge in [0.2, 0.25) is 0 Å². The third-order valence-corrected chi connectivity index (χ3v) is 3.75. The summed E-state index contributed by atoms with van der Waals surface area (Å²) in [4.78, 5) is 0. The molecule has 64 valence electrons. The first kappa shape index (κ1) is 9.48. The Morgan fingerprint density at radius 3 is 2.50 bits per heavy atom. The first-order valence-corrected chi connectivity index (χ1v) is 6.19. The minimum absolute atomic E-state index is 0.0316. The van der Waals surface area contributed by atoms with Gasteiger partial charge in [-0.25, -0.2) is 0 Å². The summed E-state index contributed by atoms with van der Waals surface area (Å²) in [5.74, 6) is 0. The molecule has 0 aliphatic heterocycles. The molecular formula is C11H15P. The molecule has 1 aromatic carbocycles. The Balaban J connectivity index is 2.59. The first-order valence-electron chi connectivity index (χ1n) is 4.22. The molecule has 0 aromatic heterocycles. The van der Waals surface area contributed by atoms with Crippen molar-refractivity contribution in [3.05, 3.63) is 42.5 Å². The summed E-state index contributed by atoms with van der Waals surface area (Å²) in [6, 6.07) is 10.7. The third kappa shape index (κ3) is 2.79. The molecule has 1 heteroatoms. The Morgan fingerprint density at radius 1 is 1.25 bits per heavy atom. The maximum Gasteiger partial charge on any atom is -0.0107 e. The zero-order chi connectivity index (χ0) is 8.81. The third-order valence-electron chi connectivity index (χ3n) is 1.81. The molecule has 0 heterocycles. The van der Waals surface area contributed by atoms with E-state index in [0.717, 1.165) is 0 Å². The second kappa shape index (κ2) is 5.11. The van der Waals surface area contributed by atoms with Gasteiger partial charge in [0.1, 0.15) is 0 Å². The van der Waals surface area contributed by atoms with Gasteiger partial charge >= 0.3 is 0 Å². The van der Waals surface area contributed by atoms with Crippen molar-refractivity contribution in [2.75, 3.05) is 12.8 Å². The van der Waals surface area contributed by atoms with Crippen LogP contribution in [0.4, 0.5) is 0 Å². The highest BCUT2D eigenvalue weighted by atomic mass is 31.1. The number of rotatable bonds is 3. The fourth-order valence-electron chi connectivity index (χ4n) is 1.05. The van der Waals surface area contributed by atoms with Crippen molar-refractivity contribution in [3.8, 4) is 0 Å². The number of allylic oxidation sites excluding steroid dienone is 2. The summed E-state index contributed by atoms with van der Waals surface area (Å²) in [6.07, 6.45) is 5.58. The van der Waals surface area contributed by atoms with Crippen molar-refractivity contribution in [2.45, 2.75) is 6.92 Å². The molecule has 0 saturated heterocycles. The predicted molar refractivity (Wildman–Crippen MR) is 58.6 cm³/mol. The summed E-state index contributed by atoms with van der Waals surface area (Å²) in [6.45, 7) is 4.40. The second-order valence-electron chi connectivity index (χ2n) is 2.79. The lowest BCUT2D eigenvalue weighted by molar-refractivity contribution is 1.63. The molecule has 0 bridgehead atoms. The lowest BCUT2D eigenvalue weighted by atomic mass is 10.4. The van der Waals surface area contributed by atoms with Gasteiger partial charge in [-0.15, -0.1) is 0 Å². The molecule has 0 spiro atoms. The fourth-order valence-corrected chi connectivity index (χ4v) is 2.47. The lowest BCUT2D eigenvalue weighted by Crippen LogP contribution is -1.99. The molecular weight excluding hydrogens is 163 g/mol. The van der Waals surface area contributed by atoms with Gasteiger partial charge in [-0.1, -0.05) is 50.4 Å². The highest BCUT2D eigenvalue weighted by Crippen LogP contribution is 2.28. The van der Waals surface area contributed by atoms with E-state index >= 15 is 0 Å². The van der Waals surface area contributed by atoms with Gasteiger partial charge in [0.05, 0.1) is 0 Å². The van der Waals surface area contributed by atoms with E-state index in [2.05, 4.69) is 56.1 Å². The van der Waals surface area contributed by atoms with Crippen LogP contribution >= 0.6 is 7.92 Å². The van der Waals surface area contributed by atoms with Crippen LogP contribution in [0.5, 0.6) is 0 Å². The summed E-state index contributed by atoms with van der Waals surface area (Å²) < 4.78 is 0. The molecule has 0 radical (unpaired) electrons. The van der Waals surface area contributed by atoms with Crippen LogP contribution in [0.15, 0.2) is 42.5 Å². The first-order chi connectivity index (χ1) is 5.84. The van der Waals surface area contributed by atoms with Crippen LogP contribution in [-0.2, 0) is 0 Å². The normalized spacial score (nSPS) is 13.5. The van der Waals surface area contributed by atoms with Gasteiger partial charge < -0.3 is 0 Å². The van der Waals surface area contributed by atoms with Crippen molar-refractivity contribution < 1.29 is 0 Å². The lowest BCUT2D eigenvalue weighted by Gasteiger charge is -2.08. The minimum atomic E-state index is 0.0316. The molecule has 1 atom stereocenters. The standard InChI is InChI=1S/C11H15P/c1-3-4-10-12(2)11-8-6-5-7-9-11/h3-9H,10H2,1-2H3/b4-3+. The minimum Gasteiger partial charge on any atom is -0.0913 e. The Kier molecular flexibility index (Phi) is 4.04. The zero-order valence-corrected chi connectivity index (χ0v) is 8.59. The largest absolute Gasteiger partial charge is 0.0913 e. The molecule has 0 aliphatic carbocycles. The second-order valence-corrected chi connectivity index (χ2v) is 5.06. The van der Waals surface area contributed by atoms with Crippen molar-refractivity contribution >= 4 is 13.2 Å². The highest BCUT2D eigenvalue weighted by molar-refractivity contribution is 7.65. The molecule has 0 aliphatic rings. The topological polar surface area (TPSA) is 0 Å². The van der Waals surface area contributed by atoms with E-state index in [-0.39, 0.29) is 7.92 Å². The smallest absolute Gasteiger partial charge is 0.0107 e. The van der Waals surface area contributed by atoms with Gasteiger partial charge in [-0.3, -0.25) is 0 Å². The quantitative estimate of drug-likeness (QED) is 0.493.